The van der Waals surface area contributed by atoms with Gasteiger partial charge in [0, 0.05) is 38.1 Å². The minimum absolute atomic E-state index is 0.0711. The number of ether oxygens (including phenoxy) is 1. The highest BCUT2D eigenvalue weighted by atomic mass is 16.5. The summed E-state index contributed by atoms with van der Waals surface area (Å²) < 4.78 is 4.64. The first kappa shape index (κ1) is 25.2. The maximum Gasteiger partial charge on any atom is 0.305 e. The van der Waals surface area contributed by atoms with Crippen molar-refractivity contribution >= 4 is 11.9 Å². The fourth-order valence-corrected chi connectivity index (χ4v) is 3.70. The van der Waals surface area contributed by atoms with E-state index in [0.717, 1.165) is 45.1 Å². The highest BCUT2D eigenvalue weighted by Crippen LogP contribution is 2.24. The minimum Gasteiger partial charge on any atom is -0.469 e. The lowest BCUT2D eigenvalue weighted by atomic mass is 9.87. The van der Waals surface area contributed by atoms with Crippen LogP contribution in [0.25, 0.3) is 0 Å². The SMILES string of the molecule is CCC#CC[C@H](C(C)C)[C@H](O)C=CC1CCC(=O)N1CCCCCCC(=O)OC. The Hall–Kier alpha value is -1.80. The molecule has 164 valence electrons. The van der Waals surface area contributed by atoms with Crippen LogP contribution in [-0.4, -0.2) is 47.7 Å². The molecule has 0 aromatic heterocycles. The largest absolute Gasteiger partial charge is 0.469 e. The monoisotopic (exact) mass is 405 g/mol. The number of likely N-dealkylation sites (tertiary alicyclic amines) is 1. The molecule has 1 amide bonds. The van der Waals surface area contributed by atoms with Crippen molar-refractivity contribution in [1.29, 1.82) is 0 Å². The summed E-state index contributed by atoms with van der Waals surface area (Å²) in [6.07, 6.45) is 10.4. The van der Waals surface area contributed by atoms with Crippen LogP contribution < -0.4 is 0 Å². The quantitative estimate of drug-likeness (QED) is 0.230. The second kappa shape index (κ2) is 14.2. The maximum atomic E-state index is 12.2. The van der Waals surface area contributed by atoms with Crippen molar-refractivity contribution in [1.82, 2.24) is 4.90 Å². The summed E-state index contributed by atoms with van der Waals surface area (Å²) in [6, 6.07) is 0.0711. The maximum absolute atomic E-state index is 12.2. The molecular formula is C24H39NO4. The molecule has 0 bridgehead atoms. The number of unbranched alkanes of at least 4 members (excludes halogenated alkanes) is 3. The number of rotatable bonds is 12. The number of aliphatic hydroxyl groups is 1. The van der Waals surface area contributed by atoms with Gasteiger partial charge in [0.05, 0.1) is 19.3 Å². The molecular weight excluding hydrogens is 366 g/mol. The highest BCUT2D eigenvalue weighted by molar-refractivity contribution is 5.79. The number of aliphatic hydroxyl groups excluding tert-OH is 1. The second-order valence-corrected chi connectivity index (χ2v) is 8.13. The number of hydrogen-bond acceptors (Lipinski definition) is 4. The van der Waals surface area contributed by atoms with Crippen LogP contribution in [0.1, 0.15) is 78.6 Å². The van der Waals surface area contributed by atoms with Gasteiger partial charge in [0.25, 0.3) is 0 Å². The number of amides is 1. The number of carbonyl (C=O) groups excluding carboxylic acids is 2. The molecule has 1 unspecified atom stereocenters. The van der Waals surface area contributed by atoms with Crippen molar-refractivity contribution in [2.75, 3.05) is 13.7 Å². The van der Waals surface area contributed by atoms with Crippen LogP contribution >= 0.6 is 0 Å². The van der Waals surface area contributed by atoms with Crippen molar-refractivity contribution < 1.29 is 19.4 Å². The van der Waals surface area contributed by atoms with E-state index in [0.29, 0.717) is 25.2 Å². The van der Waals surface area contributed by atoms with E-state index in [1.807, 2.05) is 24.0 Å². The lowest BCUT2D eigenvalue weighted by Crippen LogP contribution is -2.33. The van der Waals surface area contributed by atoms with Crippen molar-refractivity contribution in [3.63, 3.8) is 0 Å². The van der Waals surface area contributed by atoms with E-state index in [1.165, 1.54) is 7.11 Å². The fourth-order valence-electron chi connectivity index (χ4n) is 3.70. The minimum atomic E-state index is -0.544. The Kier molecular flexibility index (Phi) is 12.4. The van der Waals surface area contributed by atoms with E-state index in [4.69, 9.17) is 0 Å². The first-order chi connectivity index (χ1) is 13.9. The molecule has 0 spiro atoms. The van der Waals surface area contributed by atoms with Crippen LogP contribution in [0.2, 0.25) is 0 Å². The van der Waals surface area contributed by atoms with Gasteiger partial charge in [-0.05, 0) is 25.2 Å². The van der Waals surface area contributed by atoms with Gasteiger partial charge in [0.2, 0.25) is 5.91 Å². The molecule has 1 N–H and O–H groups in total. The van der Waals surface area contributed by atoms with Crippen LogP contribution in [0.4, 0.5) is 0 Å². The normalized spacial score (nSPS) is 18.8. The Balaban J connectivity index is 2.49. The van der Waals surface area contributed by atoms with Crippen LogP contribution in [0.3, 0.4) is 0 Å². The molecule has 5 nitrogen and oxygen atoms in total. The Morgan fingerprint density at radius 3 is 2.66 bits per heavy atom. The van der Waals surface area contributed by atoms with Crippen molar-refractivity contribution in [2.24, 2.45) is 11.8 Å². The molecule has 1 fully saturated rings. The summed E-state index contributed by atoms with van der Waals surface area (Å²) in [5.41, 5.74) is 0. The number of nitrogens with zero attached hydrogens (tertiary/aromatic N) is 1. The Morgan fingerprint density at radius 1 is 1.28 bits per heavy atom. The van der Waals surface area contributed by atoms with E-state index >= 15 is 0 Å². The van der Waals surface area contributed by atoms with E-state index in [9.17, 15) is 14.7 Å². The van der Waals surface area contributed by atoms with E-state index in [1.54, 1.807) is 0 Å². The van der Waals surface area contributed by atoms with Gasteiger partial charge >= 0.3 is 5.97 Å². The van der Waals surface area contributed by atoms with Gasteiger partial charge in [-0.1, -0.05) is 45.8 Å². The summed E-state index contributed by atoms with van der Waals surface area (Å²) in [5.74, 6) is 6.71. The Labute approximate surface area is 176 Å². The van der Waals surface area contributed by atoms with Crippen molar-refractivity contribution in [2.45, 2.75) is 90.7 Å². The summed E-state index contributed by atoms with van der Waals surface area (Å²) in [4.78, 5) is 25.3. The smallest absolute Gasteiger partial charge is 0.305 e. The first-order valence-electron chi connectivity index (χ1n) is 11.1. The molecule has 1 aliphatic rings. The molecule has 0 aromatic rings. The van der Waals surface area contributed by atoms with Crippen LogP contribution in [0, 0.1) is 23.7 Å². The predicted molar refractivity (Wildman–Crippen MR) is 116 cm³/mol. The summed E-state index contributed by atoms with van der Waals surface area (Å²) in [7, 11) is 1.41. The third-order valence-corrected chi connectivity index (χ3v) is 5.60. The van der Waals surface area contributed by atoms with Gasteiger partial charge < -0.3 is 14.7 Å². The van der Waals surface area contributed by atoms with Gasteiger partial charge in [-0.3, -0.25) is 9.59 Å². The molecule has 5 heteroatoms. The second-order valence-electron chi connectivity index (χ2n) is 8.13. The summed E-state index contributed by atoms with van der Waals surface area (Å²) >= 11 is 0. The zero-order valence-electron chi connectivity index (χ0n) is 18.7. The van der Waals surface area contributed by atoms with Crippen LogP contribution in [0.15, 0.2) is 12.2 Å². The topological polar surface area (TPSA) is 66.8 Å². The zero-order valence-corrected chi connectivity index (χ0v) is 18.7. The average Bonchev–Trinajstić information content (AvgIpc) is 3.05. The van der Waals surface area contributed by atoms with E-state index < -0.39 is 6.10 Å². The van der Waals surface area contributed by atoms with Crippen molar-refractivity contribution in [3.05, 3.63) is 12.2 Å². The number of hydrogen-bond donors (Lipinski definition) is 1. The average molecular weight is 406 g/mol. The van der Waals surface area contributed by atoms with Gasteiger partial charge in [0.1, 0.15) is 0 Å². The Bertz CT molecular complexity index is 587. The number of carbonyl (C=O) groups is 2. The van der Waals surface area contributed by atoms with E-state index in [-0.39, 0.29) is 23.8 Å². The highest BCUT2D eigenvalue weighted by Gasteiger charge is 2.29. The molecule has 29 heavy (non-hydrogen) atoms. The zero-order chi connectivity index (χ0) is 21.6. The molecule has 3 atom stereocenters. The molecule has 0 saturated carbocycles. The lowest BCUT2D eigenvalue weighted by molar-refractivity contribution is -0.140. The molecule has 0 aromatic carbocycles. The van der Waals surface area contributed by atoms with Gasteiger partial charge in [0.15, 0.2) is 0 Å². The molecule has 0 aliphatic carbocycles. The van der Waals surface area contributed by atoms with Crippen LogP contribution in [-0.2, 0) is 14.3 Å². The first-order valence-corrected chi connectivity index (χ1v) is 11.1. The molecule has 0 radical (unpaired) electrons. The molecule has 1 rings (SSSR count). The van der Waals surface area contributed by atoms with Crippen LogP contribution in [0.5, 0.6) is 0 Å². The number of esters is 1. The molecule has 1 aliphatic heterocycles. The lowest BCUT2D eigenvalue weighted by Gasteiger charge is -2.25. The third-order valence-electron chi connectivity index (χ3n) is 5.60. The third kappa shape index (κ3) is 9.49. The molecule has 1 heterocycles. The predicted octanol–water partition coefficient (Wildman–Crippen LogP) is 4.09. The van der Waals surface area contributed by atoms with Gasteiger partial charge in [-0.25, -0.2) is 0 Å². The Morgan fingerprint density at radius 2 is 2.00 bits per heavy atom. The molecule has 1 saturated heterocycles. The van der Waals surface area contributed by atoms with Gasteiger partial charge in [-0.2, -0.15) is 0 Å². The van der Waals surface area contributed by atoms with E-state index in [2.05, 4.69) is 30.4 Å². The standard InChI is InChI=1S/C24H39NO4/c1-5-6-9-12-21(19(2)3)22(26)16-14-20-15-17-23(27)25(20)18-11-8-7-10-13-24(28)29-4/h14,16,19-22,26H,5,7-8,10-13,15,17-18H2,1-4H3/t20?,21-,22-/m1/s1. The fraction of sp³-hybridized carbons (Fsp3) is 0.750. The summed E-state index contributed by atoms with van der Waals surface area (Å²) in [5, 5.41) is 10.6. The number of methoxy groups -OCH3 is 1. The van der Waals surface area contributed by atoms with Gasteiger partial charge in [-0.15, -0.1) is 11.8 Å². The van der Waals surface area contributed by atoms with Crippen molar-refractivity contribution in [3.8, 4) is 11.8 Å². The summed E-state index contributed by atoms with van der Waals surface area (Å²) in [6.45, 7) is 6.98.